The average molecular weight is 238 g/mol. The molecule has 0 fully saturated rings. The van der Waals surface area contributed by atoms with Gasteiger partial charge < -0.3 is 0 Å². The summed E-state index contributed by atoms with van der Waals surface area (Å²) in [6.45, 7) is 0. The Morgan fingerprint density at radius 2 is 2.11 bits per heavy atom. The molecule has 18 heavy (non-hydrogen) atoms. The van der Waals surface area contributed by atoms with Crippen LogP contribution in [0.25, 0.3) is 6.08 Å². The summed E-state index contributed by atoms with van der Waals surface area (Å²) in [5.41, 5.74) is 3.87. The average Bonchev–Trinajstić information content (AvgIpc) is 2.79. The Hall–Kier alpha value is -2.16. The van der Waals surface area contributed by atoms with Crippen LogP contribution in [0.4, 0.5) is 0 Å². The first-order chi connectivity index (χ1) is 8.74. The van der Waals surface area contributed by atoms with Crippen LogP contribution in [0.1, 0.15) is 27.9 Å². The van der Waals surface area contributed by atoms with E-state index in [1.165, 1.54) is 0 Å². The Morgan fingerprint density at radius 1 is 1.28 bits per heavy atom. The molecule has 1 heterocycles. The zero-order valence-electron chi connectivity index (χ0n) is 10.3. The maximum absolute atomic E-state index is 12.3. The molecular weight excluding hydrogens is 224 g/mol. The van der Waals surface area contributed by atoms with E-state index >= 15 is 0 Å². The number of carbonyl (C=O) groups excluding carboxylic acids is 1. The van der Waals surface area contributed by atoms with Crippen molar-refractivity contribution in [3.05, 3.63) is 58.9 Å². The summed E-state index contributed by atoms with van der Waals surface area (Å²) in [4.78, 5) is 12.3. The number of rotatable bonds is 1. The molecule has 0 radical (unpaired) electrons. The molecule has 1 aliphatic rings. The summed E-state index contributed by atoms with van der Waals surface area (Å²) >= 11 is 0. The minimum atomic E-state index is 0.153. The van der Waals surface area contributed by atoms with Crippen LogP contribution in [-0.2, 0) is 13.5 Å². The van der Waals surface area contributed by atoms with E-state index in [0.717, 1.165) is 35.1 Å². The molecule has 90 valence electrons. The second-order valence-electron chi connectivity index (χ2n) is 4.60. The normalized spacial score (nSPS) is 16.9. The van der Waals surface area contributed by atoms with Gasteiger partial charge in [-0.1, -0.05) is 24.3 Å². The molecular formula is C15H14N2O. The first kappa shape index (κ1) is 11.0. The maximum Gasteiger partial charge on any atom is 0.189 e. The van der Waals surface area contributed by atoms with E-state index in [1.807, 2.05) is 43.6 Å². The fourth-order valence-electron chi connectivity index (χ4n) is 2.37. The Bertz CT molecular complexity index is 637. The van der Waals surface area contributed by atoms with Crippen LogP contribution in [0.3, 0.4) is 0 Å². The number of benzene rings is 1. The highest BCUT2D eigenvalue weighted by atomic mass is 16.1. The molecule has 0 unspecified atom stereocenters. The van der Waals surface area contributed by atoms with Crippen molar-refractivity contribution in [1.82, 2.24) is 9.78 Å². The molecule has 1 aromatic heterocycles. The lowest BCUT2D eigenvalue weighted by Gasteiger charge is -2.16. The zero-order valence-corrected chi connectivity index (χ0v) is 10.3. The number of Topliss-reactive ketones (excluding diaryl/α,β-unsaturated/α-hetero) is 1. The molecule has 0 aliphatic heterocycles. The fraction of sp³-hybridized carbons (Fsp3) is 0.200. The van der Waals surface area contributed by atoms with Gasteiger partial charge in [0, 0.05) is 29.9 Å². The molecule has 3 nitrogen and oxygen atoms in total. The van der Waals surface area contributed by atoms with Crippen LogP contribution >= 0.6 is 0 Å². The van der Waals surface area contributed by atoms with Crippen molar-refractivity contribution in [3.63, 3.8) is 0 Å². The number of ketones is 1. The zero-order chi connectivity index (χ0) is 12.5. The highest BCUT2D eigenvalue weighted by Gasteiger charge is 2.21. The maximum atomic E-state index is 12.3. The van der Waals surface area contributed by atoms with Gasteiger partial charge in [0.25, 0.3) is 0 Å². The molecule has 0 N–H and O–H groups in total. The van der Waals surface area contributed by atoms with Crippen LogP contribution in [-0.4, -0.2) is 15.6 Å². The van der Waals surface area contributed by atoms with Crippen LogP contribution in [0.5, 0.6) is 0 Å². The summed E-state index contributed by atoms with van der Waals surface area (Å²) in [7, 11) is 1.87. The number of fused-ring (bicyclic) bond motifs is 1. The van der Waals surface area contributed by atoms with Gasteiger partial charge in [0.2, 0.25) is 0 Å². The topological polar surface area (TPSA) is 34.9 Å². The smallest absolute Gasteiger partial charge is 0.189 e. The Labute approximate surface area is 106 Å². The van der Waals surface area contributed by atoms with Crippen LogP contribution in [0.15, 0.2) is 42.2 Å². The van der Waals surface area contributed by atoms with Crippen molar-refractivity contribution in [2.24, 2.45) is 7.05 Å². The van der Waals surface area contributed by atoms with Crippen molar-refractivity contribution in [2.45, 2.75) is 12.8 Å². The third-order valence-electron chi connectivity index (χ3n) is 3.28. The number of carbonyl (C=O) groups is 1. The summed E-state index contributed by atoms with van der Waals surface area (Å²) in [5.74, 6) is 0.153. The number of nitrogens with zero attached hydrogens (tertiary/aromatic N) is 2. The molecule has 2 aromatic rings. The van der Waals surface area contributed by atoms with Gasteiger partial charge in [-0.3, -0.25) is 9.48 Å². The quantitative estimate of drug-likeness (QED) is 0.716. The third-order valence-corrected chi connectivity index (χ3v) is 3.28. The first-order valence-electron chi connectivity index (χ1n) is 6.06. The SMILES string of the molecule is Cn1cc(/C=C2\CCc3ccccc3C2=O)cn1. The summed E-state index contributed by atoms with van der Waals surface area (Å²) in [5, 5.41) is 4.11. The van der Waals surface area contributed by atoms with E-state index in [-0.39, 0.29) is 5.78 Å². The Balaban J connectivity index is 1.98. The van der Waals surface area contributed by atoms with Crippen molar-refractivity contribution >= 4 is 11.9 Å². The lowest BCUT2D eigenvalue weighted by Crippen LogP contribution is -2.13. The van der Waals surface area contributed by atoms with E-state index < -0.39 is 0 Å². The lowest BCUT2D eigenvalue weighted by molar-refractivity contribution is 0.102. The highest BCUT2D eigenvalue weighted by molar-refractivity contribution is 6.13. The fourth-order valence-corrected chi connectivity index (χ4v) is 2.37. The molecule has 0 amide bonds. The highest BCUT2D eigenvalue weighted by Crippen LogP contribution is 2.26. The predicted octanol–water partition coefficient (Wildman–Crippen LogP) is 2.63. The number of allylic oxidation sites excluding steroid dienone is 1. The number of hydrogen-bond donors (Lipinski definition) is 0. The molecule has 0 bridgehead atoms. The van der Waals surface area contributed by atoms with Crippen molar-refractivity contribution in [3.8, 4) is 0 Å². The largest absolute Gasteiger partial charge is 0.289 e. The van der Waals surface area contributed by atoms with Crippen LogP contribution < -0.4 is 0 Å². The van der Waals surface area contributed by atoms with E-state index in [4.69, 9.17) is 0 Å². The van der Waals surface area contributed by atoms with E-state index in [9.17, 15) is 4.79 Å². The van der Waals surface area contributed by atoms with Crippen molar-refractivity contribution < 1.29 is 4.79 Å². The minimum absolute atomic E-state index is 0.153. The van der Waals surface area contributed by atoms with Crippen LogP contribution in [0.2, 0.25) is 0 Å². The molecule has 3 rings (SSSR count). The van der Waals surface area contributed by atoms with Gasteiger partial charge >= 0.3 is 0 Å². The molecule has 1 aromatic carbocycles. The van der Waals surface area contributed by atoms with E-state index in [0.29, 0.717) is 0 Å². The van der Waals surface area contributed by atoms with Gasteiger partial charge in [-0.05, 0) is 24.5 Å². The molecule has 0 saturated heterocycles. The summed E-state index contributed by atoms with van der Waals surface area (Å²) in [6, 6.07) is 7.85. The standard InChI is InChI=1S/C15H14N2O/c1-17-10-11(9-16-17)8-13-7-6-12-4-2-3-5-14(12)15(13)18/h2-5,8-10H,6-7H2,1H3/b13-8+. The first-order valence-corrected chi connectivity index (χ1v) is 6.06. The monoisotopic (exact) mass is 238 g/mol. The van der Waals surface area contributed by atoms with E-state index in [1.54, 1.807) is 10.9 Å². The van der Waals surface area contributed by atoms with Gasteiger partial charge in [0.05, 0.1) is 6.20 Å². The summed E-state index contributed by atoms with van der Waals surface area (Å²) in [6.07, 6.45) is 7.39. The van der Waals surface area contributed by atoms with Gasteiger partial charge in [0.1, 0.15) is 0 Å². The van der Waals surface area contributed by atoms with Gasteiger partial charge in [0.15, 0.2) is 5.78 Å². The molecule has 3 heteroatoms. The van der Waals surface area contributed by atoms with Gasteiger partial charge in [-0.15, -0.1) is 0 Å². The van der Waals surface area contributed by atoms with Crippen molar-refractivity contribution in [2.75, 3.05) is 0 Å². The second-order valence-corrected chi connectivity index (χ2v) is 4.60. The van der Waals surface area contributed by atoms with Gasteiger partial charge in [-0.2, -0.15) is 5.10 Å². The van der Waals surface area contributed by atoms with Gasteiger partial charge in [-0.25, -0.2) is 0 Å². The van der Waals surface area contributed by atoms with E-state index in [2.05, 4.69) is 5.10 Å². The third kappa shape index (κ3) is 1.88. The van der Waals surface area contributed by atoms with Crippen molar-refractivity contribution in [1.29, 1.82) is 0 Å². The Morgan fingerprint density at radius 3 is 2.89 bits per heavy atom. The predicted molar refractivity (Wildman–Crippen MR) is 70.3 cm³/mol. The number of aromatic nitrogens is 2. The number of hydrogen-bond acceptors (Lipinski definition) is 2. The number of aryl methyl sites for hydroxylation is 2. The lowest BCUT2D eigenvalue weighted by atomic mass is 9.86. The molecule has 0 atom stereocenters. The Kier molecular flexibility index (Phi) is 2.59. The summed E-state index contributed by atoms with van der Waals surface area (Å²) < 4.78 is 1.74. The second kappa shape index (κ2) is 4.26. The minimum Gasteiger partial charge on any atom is -0.289 e. The molecule has 1 aliphatic carbocycles. The van der Waals surface area contributed by atoms with Crippen LogP contribution in [0, 0.1) is 0 Å². The molecule has 0 saturated carbocycles. The molecule has 0 spiro atoms.